The van der Waals surface area contributed by atoms with Crippen LogP contribution in [0.4, 0.5) is 8.78 Å². The van der Waals surface area contributed by atoms with Gasteiger partial charge >= 0.3 is 5.97 Å². The molecule has 16 heavy (non-hydrogen) atoms. The fourth-order valence-corrected chi connectivity index (χ4v) is 2.17. The van der Waals surface area contributed by atoms with Crippen LogP contribution in [-0.2, 0) is 0 Å². The summed E-state index contributed by atoms with van der Waals surface area (Å²) in [6.07, 6.45) is 1.81. The third-order valence-corrected chi connectivity index (χ3v) is 3.16. The third-order valence-electron chi connectivity index (χ3n) is 1.99. The van der Waals surface area contributed by atoms with Crippen molar-refractivity contribution in [3.63, 3.8) is 0 Å². The number of halogens is 2. The van der Waals surface area contributed by atoms with Gasteiger partial charge in [-0.2, -0.15) is 0 Å². The number of unbranched alkanes of at least 4 members (excludes halogenated alkanes) is 1. The first-order valence-electron chi connectivity index (χ1n) is 4.91. The van der Waals surface area contributed by atoms with Crippen LogP contribution in [0, 0.1) is 11.6 Å². The minimum atomic E-state index is -1.33. The van der Waals surface area contributed by atoms with E-state index in [4.69, 9.17) is 5.11 Å². The van der Waals surface area contributed by atoms with Crippen molar-refractivity contribution < 1.29 is 18.7 Å². The molecule has 0 saturated carbocycles. The molecule has 5 heteroatoms. The lowest BCUT2D eigenvalue weighted by molar-refractivity contribution is 0.0695. The lowest BCUT2D eigenvalue weighted by Gasteiger charge is -2.05. The van der Waals surface area contributed by atoms with Crippen molar-refractivity contribution in [2.24, 2.45) is 0 Å². The van der Waals surface area contributed by atoms with Crippen LogP contribution in [0.25, 0.3) is 0 Å². The van der Waals surface area contributed by atoms with Gasteiger partial charge in [-0.25, -0.2) is 13.6 Å². The zero-order chi connectivity index (χ0) is 12.1. The van der Waals surface area contributed by atoms with Crippen LogP contribution in [-0.4, -0.2) is 16.8 Å². The van der Waals surface area contributed by atoms with Crippen molar-refractivity contribution in [1.82, 2.24) is 0 Å². The van der Waals surface area contributed by atoms with Gasteiger partial charge in [0.15, 0.2) is 0 Å². The standard InChI is InChI=1S/C11H12F2O2S/c1-2-3-4-16-10-8(12)5-7(11(14)15)6-9(10)13/h5-6H,2-4H2,1H3,(H,14,15). The van der Waals surface area contributed by atoms with E-state index in [1.54, 1.807) is 0 Å². The normalized spacial score (nSPS) is 10.4. The van der Waals surface area contributed by atoms with Gasteiger partial charge in [0, 0.05) is 0 Å². The first kappa shape index (κ1) is 13.0. The molecule has 0 radical (unpaired) electrons. The smallest absolute Gasteiger partial charge is 0.335 e. The summed E-state index contributed by atoms with van der Waals surface area (Å²) in [6, 6.07) is 1.69. The van der Waals surface area contributed by atoms with Crippen molar-refractivity contribution >= 4 is 17.7 Å². The fraction of sp³-hybridized carbons (Fsp3) is 0.364. The molecule has 1 N–H and O–H groups in total. The van der Waals surface area contributed by atoms with Crippen LogP contribution < -0.4 is 0 Å². The largest absolute Gasteiger partial charge is 0.478 e. The predicted molar refractivity (Wildman–Crippen MR) is 58.9 cm³/mol. The molecule has 88 valence electrons. The molecule has 2 nitrogen and oxygen atoms in total. The molecule has 0 aromatic heterocycles. The van der Waals surface area contributed by atoms with Crippen LogP contribution >= 0.6 is 11.8 Å². The Morgan fingerprint density at radius 1 is 1.38 bits per heavy atom. The van der Waals surface area contributed by atoms with Gasteiger partial charge in [-0.3, -0.25) is 0 Å². The van der Waals surface area contributed by atoms with Gasteiger partial charge in [-0.05, 0) is 24.3 Å². The zero-order valence-electron chi connectivity index (χ0n) is 8.80. The highest BCUT2D eigenvalue weighted by Crippen LogP contribution is 2.27. The molecule has 0 unspecified atom stereocenters. The van der Waals surface area contributed by atoms with Crippen molar-refractivity contribution in [2.45, 2.75) is 24.7 Å². The van der Waals surface area contributed by atoms with E-state index in [0.29, 0.717) is 5.75 Å². The van der Waals surface area contributed by atoms with Gasteiger partial charge in [0.25, 0.3) is 0 Å². The summed E-state index contributed by atoms with van der Waals surface area (Å²) in [6.45, 7) is 1.99. The van der Waals surface area contributed by atoms with Crippen molar-refractivity contribution in [1.29, 1.82) is 0 Å². The lowest BCUT2D eigenvalue weighted by Crippen LogP contribution is -2.00. The van der Waals surface area contributed by atoms with Crippen LogP contribution in [0.5, 0.6) is 0 Å². The molecule has 0 aliphatic heterocycles. The highest BCUT2D eigenvalue weighted by Gasteiger charge is 2.14. The Morgan fingerprint density at radius 2 is 1.94 bits per heavy atom. The maximum absolute atomic E-state index is 13.4. The molecule has 0 bridgehead atoms. The summed E-state index contributed by atoms with van der Waals surface area (Å²) < 4.78 is 26.7. The Bertz CT molecular complexity index is 371. The SMILES string of the molecule is CCCCSc1c(F)cc(C(=O)O)cc1F. The number of benzene rings is 1. The van der Waals surface area contributed by atoms with Gasteiger partial charge in [0.1, 0.15) is 11.6 Å². The van der Waals surface area contributed by atoms with Gasteiger partial charge in [-0.15, -0.1) is 11.8 Å². The van der Waals surface area contributed by atoms with Crippen LogP contribution in [0.3, 0.4) is 0 Å². The average molecular weight is 246 g/mol. The van der Waals surface area contributed by atoms with E-state index in [2.05, 4.69) is 0 Å². The number of carboxylic acid groups (broad SMARTS) is 1. The molecule has 0 aliphatic carbocycles. The van der Waals surface area contributed by atoms with E-state index in [9.17, 15) is 13.6 Å². The van der Waals surface area contributed by atoms with E-state index in [1.807, 2.05) is 6.92 Å². The minimum absolute atomic E-state index is 0.0987. The molecule has 1 rings (SSSR count). The molecule has 0 spiro atoms. The first-order chi connectivity index (χ1) is 7.56. The number of rotatable bonds is 5. The summed E-state index contributed by atoms with van der Waals surface area (Å²) >= 11 is 1.08. The first-order valence-corrected chi connectivity index (χ1v) is 5.90. The second-order valence-electron chi connectivity index (χ2n) is 3.28. The van der Waals surface area contributed by atoms with Crippen molar-refractivity contribution in [2.75, 3.05) is 5.75 Å². The van der Waals surface area contributed by atoms with E-state index in [0.717, 1.165) is 36.7 Å². The Kier molecular flexibility index (Phi) is 4.73. The highest BCUT2D eigenvalue weighted by molar-refractivity contribution is 7.99. The minimum Gasteiger partial charge on any atom is -0.478 e. The summed E-state index contributed by atoms with van der Waals surface area (Å²) in [5.74, 6) is -2.32. The van der Waals surface area contributed by atoms with Gasteiger partial charge in [-0.1, -0.05) is 13.3 Å². The molecule has 0 aliphatic rings. The summed E-state index contributed by atoms with van der Waals surface area (Å²) in [5.41, 5.74) is -0.366. The molecular weight excluding hydrogens is 234 g/mol. The molecule has 0 fully saturated rings. The maximum atomic E-state index is 13.4. The average Bonchev–Trinajstić information content (AvgIpc) is 2.21. The van der Waals surface area contributed by atoms with Gasteiger partial charge < -0.3 is 5.11 Å². The van der Waals surface area contributed by atoms with E-state index in [1.165, 1.54) is 0 Å². The number of hydrogen-bond acceptors (Lipinski definition) is 2. The fourth-order valence-electron chi connectivity index (χ4n) is 1.14. The molecule has 0 heterocycles. The maximum Gasteiger partial charge on any atom is 0.335 e. The van der Waals surface area contributed by atoms with Crippen molar-refractivity contribution in [3.05, 3.63) is 29.3 Å². The number of thioether (sulfide) groups is 1. The van der Waals surface area contributed by atoms with Crippen LogP contribution in [0.2, 0.25) is 0 Å². The van der Waals surface area contributed by atoms with Crippen molar-refractivity contribution in [3.8, 4) is 0 Å². The third kappa shape index (κ3) is 3.20. The number of carbonyl (C=O) groups is 1. The quantitative estimate of drug-likeness (QED) is 0.637. The highest BCUT2D eigenvalue weighted by atomic mass is 32.2. The Labute approximate surface area is 96.7 Å². The van der Waals surface area contributed by atoms with Gasteiger partial charge in [0.05, 0.1) is 10.5 Å². The second kappa shape index (κ2) is 5.84. The van der Waals surface area contributed by atoms with E-state index in [-0.39, 0.29) is 10.5 Å². The molecule has 1 aromatic rings. The van der Waals surface area contributed by atoms with Crippen LogP contribution in [0.15, 0.2) is 17.0 Å². The Hall–Kier alpha value is -1.10. The lowest BCUT2D eigenvalue weighted by atomic mass is 10.2. The van der Waals surface area contributed by atoms with Crippen LogP contribution in [0.1, 0.15) is 30.1 Å². The number of aromatic carboxylic acids is 1. The molecule has 0 saturated heterocycles. The number of carboxylic acids is 1. The zero-order valence-corrected chi connectivity index (χ0v) is 9.61. The molecule has 0 atom stereocenters. The summed E-state index contributed by atoms with van der Waals surface area (Å²) in [7, 11) is 0. The van der Waals surface area contributed by atoms with E-state index < -0.39 is 17.6 Å². The number of hydrogen-bond donors (Lipinski definition) is 1. The predicted octanol–water partition coefficient (Wildman–Crippen LogP) is 3.56. The Balaban J connectivity index is 2.89. The van der Waals surface area contributed by atoms with Gasteiger partial charge in [0.2, 0.25) is 0 Å². The summed E-state index contributed by atoms with van der Waals surface area (Å²) in [4.78, 5) is 10.4. The monoisotopic (exact) mass is 246 g/mol. The topological polar surface area (TPSA) is 37.3 Å². The second-order valence-corrected chi connectivity index (χ2v) is 4.38. The molecule has 0 amide bonds. The van der Waals surface area contributed by atoms with E-state index >= 15 is 0 Å². The molecule has 1 aromatic carbocycles. The molecular formula is C11H12F2O2S. The Morgan fingerprint density at radius 3 is 2.38 bits per heavy atom. The summed E-state index contributed by atoms with van der Waals surface area (Å²) in [5, 5.41) is 8.60.